The number of piperidine rings is 1. The molecule has 2 aromatic heterocycles. The summed E-state index contributed by atoms with van der Waals surface area (Å²) in [5, 5.41) is 31.2. The fraction of sp³-hybridized carbons (Fsp3) is 0.560. The van der Waals surface area contributed by atoms with Crippen LogP contribution in [0, 0.1) is 18.3 Å². The van der Waals surface area contributed by atoms with E-state index in [2.05, 4.69) is 39.1 Å². The average Bonchev–Trinajstić information content (AvgIpc) is 4.08. The first-order valence-electron chi connectivity index (χ1n) is 23.2. The molecule has 3 N–H and O–H groups in total. The molecule has 6 aliphatic rings. The molecule has 10 rings (SSSR count). The monoisotopic (exact) mass is 890 g/mol. The SMILES string of the molecule is CC[C@]1(O)C[C@H]2CN(CCc3c([nH]c4ccc(-n5ccc(C)n5)cc34)[C@@](C(=O)OC)(c3cc4c(cc3OC)N(C)[C@H]3[C@@](O)(C(=O)OC)[C@H](OC(C)=O)[C@]5(CC)C=CCN6CC[C@]43[C@@H]65)C2)C1. The van der Waals surface area contributed by atoms with E-state index < -0.39 is 57.5 Å². The summed E-state index contributed by atoms with van der Waals surface area (Å²) in [7, 11) is 6.15. The smallest absolute Gasteiger partial charge is 0.344 e. The Bertz CT molecular complexity index is 2640. The van der Waals surface area contributed by atoms with Crippen LogP contribution in [0.4, 0.5) is 5.69 Å². The van der Waals surface area contributed by atoms with Gasteiger partial charge in [-0.05, 0) is 99.4 Å². The number of likely N-dealkylation sites (N-methyl/N-ethyl adjacent to an activating group) is 1. The van der Waals surface area contributed by atoms with E-state index >= 15 is 4.79 Å². The van der Waals surface area contributed by atoms with Crippen molar-refractivity contribution in [2.45, 2.75) is 106 Å². The van der Waals surface area contributed by atoms with Gasteiger partial charge in [0.2, 0.25) is 5.60 Å². The molecule has 65 heavy (non-hydrogen) atoms. The van der Waals surface area contributed by atoms with Gasteiger partial charge in [-0.3, -0.25) is 19.4 Å². The summed E-state index contributed by atoms with van der Waals surface area (Å²) < 4.78 is 26.0. The Morgan fingerprint density at radius 1 is 0.954 bits per heavy atom. The third kappa shape index (κ3) is 5.86. The number of methoxy groups -OCH3 is 3. The average molecular weight is 891 g/mol. The number of aryl methyl sites for hydroxylation is 1. The van der Waals surface area contributed by atoms with Gasteiger partial charge in [-0.2, -0.15) is 5.10 Å². The van der Waals surface area contributed by atoms with Gasteiger partial charge in [0.1, 0.15) is 11.2 Å². The van der Waals surface area contributed by atoms with Crippen molar-refractivity contribution < 1.29 is 43.5 Å². The van der Waals surface area contributed by atoms with Crippen molar-refractivity contribution in [3.05, 3.63) is 82.8 Å². The molecule has 2 bridgehead atoms. The Morgan fingerprint density at radius 3 is 2.42 bits per heavy atom. The molecule has 10 atom stereocenters. The predicted octanol–water partition coefficient (Wildman–Crippen LogP) is 4.49. The highest BCUT2D eigenvalue weighted by molar-refractivity contribution is 5.95. The minimum Gasteiger partial charge on any atom is -0.496 e. The van der Waals surface area contributed by atoms with Crippen LogP contribution in [0.25, 0.3) is 16.6 Å². The van der Waals surface area contributed by atoms with E-state index in [-0.39, 0.29) is 12.0 Å². The number of nitrogens with one attached hydrogen (secondary N) is 1. The highest BCUT2D eigenvalue weighted by Crippen LogP contribution is 2.68. The highest BCUT2D eigenvalue weighted by atomic mass is 16.6. The summed E-state index contributed by atoms with van der Waals surface area (Å²) in [4.78, 5) is 53.7. The maximum absolute atomic E-state index is 15.6. The number of anilines is 1. The highest BCUT2D eigenvalue weighted by Gasteiger charge is 2.80. The quantitative estimate of drug-likeness (QED) is 0.129. The van der Waals surface area contributed by atoms with Crippen LogP contribution in [-0.4, -0.2) is 143 Å². The predicted molar refractivity (Wildman–Crippen MR) is 242 cm³/mol. The second-order valence-electron chi connectivity index (χ2n) is 19.8. The van der Waals surface area contributed by atoms with Crippen molar-refractivity contribution in [2.75, 3.05) is 66.0 Å². The maximum atomic E-state index is 15.6. The van der Waals surface area contributed by atoms with Crippen molar-refractivity contribution in [1.29, 1.82) is 0 Å². The fourth-order valence-electron chi connectivity index (χ4n) is 14.2. The number of nitrogens with zero attached hydrogens (tertiary/aromatic N) is 5. The van der Waals surface area contributed by atoms with Crippen molar-refractivity contribution in [3.63, 3.8) is 0 Å². The molecule has 2 aromatic carbocycles. The largest absolute Gasteiger partial charge is 0.496 e. The van der Waals surface area contributed by atoms with Gasteiger partial charge in [-0.25, -0.2) is 9.48 Å². The summed E-state index contributed by atoms with van der Waals surface area (Å²) >= 11 is 0. The second-order valence-corrected chi connectivity index (χ2v) is 19.8. The topological polar surface area (TPSA) is 172 Å². The number of aliphatic hydroxyl groups is 2. The van der Waals surface area contributed by atoms with E-state index in [0.717, 1.165) is 39.1 Å². The van der Waals surface area contributed by atoms with Gasteiger partial charge in [-0.15, -0.1) is 0 Å². The van der Waals surface area contributed by atoms with Crippen molar-refractivity contribution >= 4 is 34.5 Å². The van der Waals surface area contributed by atoms with E-state index in [1.165, 1.54) is 21.1 Å². The maximum Gasteiger partial charge on any atom is 0.344 e. The lowest BCUT2D eigenvalue weighted by molar-refractivity contribution is -0.228. The Kier molecular flexibility index (Phi) is 10.2. The fourth-order valence-corrected chi connectivity index (χ4v) is 14.2. The molecule has 1 unspecified atom stereocenters. The van der Waals surface area contributed by atoms with Gasteiger partial charge in [0.05, 0.1) is 44.4 Å². The van der Waals surface area contributed by atoms with Crippen LogP contribution in [0.15, 0.2) is 54.7 Å². The number of hydrogen-bond acceptors (Lipinski definition) is 13. The second kappa shape index (κ2) is 15.2. The zero-order valence-corrected chi connectivity index (χ0v) is 38.8. The molecule has 346 valence electrons. The van der Waals surface area contributed by atoms with E-state index in [0.29, 0.717) is 88.3 Å². The van der Waals surface area contributed by atoms with Crippen LogP contribution in [-0.2, 0) is 45.8 Å². The van der Waals surface area contributed by atoms with Crippen molar-refractivity contribution in [3.8, 4) is 11.4 Å². The molecule has 0 radical (unpaired) electrons. The number of carbonyl (C=O) groups excluding carboxylic acids is 3. The van der Waals surface area contributed by atoms with Gasteiger partial charge in [0, 0.05) is 97.1 Å². The van der Waals surface area contributed by atoms with Gasteiger partial charge >= 0.3 is 17.9 Å². The number of carbonyl (C=O) groups is 3. The number of H-pyrrole nitrogens is 1. The van der Waals surface area contributed by atoms with Crippen LogP contribution in [0.3, 0.4) is 0 Å². The van der Waals surface area contributed by atoms with Crippen molar-refractivity contribution in [2.24, 2.45) is 11.3 Å². The Hall–Kier alpha value is -5.22. The van der Waals surface area contributed by atoms with E-state index in [1.807, 2.05) is 67.9 Å². The summed E-state index contributed by atoms with van der Waals surface area (Å²) in [6.45, 7) is 10.4. The van der Waals surface area contributed by atoms with Gasteiger partial charge in [0.15, 0.2) is 6.10 Å². The minimum absolute atomic E-state index is 0.138. The number of rotatable bonds is 8. The molecule has 1 aliphatic carbocycles. The normalized spacial score (nSPS) is 34.7. The number of ether oxygens (including phenoxy) is 4. The molecule has 0 amide bonds. The van der Waals surface area contributed by atoms with Crippen LogP contribution in [0.2, 0.25) is 0 Å². The molecule has 2 saturated heterocycles. The van der Waals surface area contributed by atoms with Crippen LogP contribution in [0.5, 0.6) is 5.75 Å². The zero-order chi connectivity index (χ0) is 46.0. The summed E-state index contributed by atoms with van der Waals surface area (Å²) in [6.07, 6.45) is 7.69. The third-order valence-electron chi connectivity index (χ3n) is 16.7. The first-order valence-corrected chi connectivity index (χ1v) is 23.2. The number of aromatic amines is 1. The molecule has 1 spiro atoms. The molecule has 7 heterocycles. The van der Waals surface area contributed by atoms with E-state index in [1.54, 1.807) is 7.11 Å². The van der Waals surface area contributed by atoms with Crippen LogP contribution >= 0.6 is 0 Å². The Morgan fingerprint density at radius 2 is 1.74 bits per heavy atom. The lowest BCUT2D eigenvalue weighted by atomic mass is 9.47. The molecular formula is C50H62N6O9. The summed E-state index contributed by atoms with van der Waals surface area (Å²) in [5.41, 5.74) is -0.227. The number of fused-ring (bicyclic) bond motifs is 6. The number of benzene rings is 2. The third-order valence-corrected chi connectivity index (χ3v) is 16.7. The molecule has 3 fully saturated rings. The number of hydrogen-bond donors (Lipinski definition) is 3. The molecule has 5 aliphatic heterocycles. The summed E-state index contributed by atoms with van der Waals surface area (Å²) in [6, 6.07) is 10.9. The lowest BCUT2D eigenvalue weighted by Gasteiger charge is -2.63. The van der Waals surface area contributed by atoms with Crippen molar-refractivity contribution in [1.82, 2.24) is 24.6 Å². The molecular weight excluding hydrogens is 829 g/mol. The number of aromatic nitrogens is 3. The number of esters is 3. The summed E-state index contributed by atoms with van der Waals surface area (Å²) in [5.74, 6) is -1.66. The Balaban J connectivity index is 1.28. The molecule has 15 nitrogen and oxygen atoms in total. The minimum atomic E-state index is -2.32. The first kappa shape index (κ1) is 43.7. The van der Waals surface area contributed by atoms with Crippen LogP contribution < -0.4 is 9.64 Å². The van der Waals surface area contributed by atoms with E-state index in [9.17, 15) is 19.8 Å². The zero-order valence-electron chi connectivity index (χ0n) is 38.8. The molecule has 4 aromatic rings. The van der Waals surface area contributed by atoms with E-state index in [4.69, 9.17) is 24.0 Å². The first-order chi connectivity index (χ1) is 31.1. The van der Waals surface area contributed by atoms with Gasteiger partial charge in [-0.1, -0.05) is 26.0 Å². The standard InChI is InChI=1S/C50H62N6O9/c1-9-46(60)25-31-26-49(44(58)63-7,40-33(15-19-54(27-31)28-46)34-22-32(12-13-37(34)51-40)56-20-14-29(3)52-56)36-23-35-38(24-39(36)62-6)53(5)42-48(35)17-21-55-18-11-16-47(10-2,41(48)55)43(65-30(4)57)50(42,61)45(59)64-8/h11-14,16,20,22-24,31,41-43,51,60-61H,9-10,15,17-19,21,25-28H2,1-8H3/t31-,41+,42-,43-,46+,47-,48-,49+,50+/m1/s1. The van der Waals surface area contributed by atoms with Gasteiger partial charge < -0.3 is 39.0 Å². The molecule has 15 heteroatoms. The Labute approximate surface area is 379 Å². The van der Waals surface area contributed by atoms with Gasteiger partial charge in [0.25, 0.3) is 0 Å². The lowest BCUT2D eigenvalue weighted by Crippen LogP contribution is -2.81. The molecule has 1 saturated carbocycles. The van der Waals surface area contributed by atoms with Crippen LogP contribution in [0.1, 0.15) is 81.0 Å².